The Morgan fingerprint density at radius 3 is 2.25 bits per heavy atom. The summed E-state index contributed by atoms with van der Waals surface area (Å²) in [5.41, 5.74) is -0.370. The Balaban J connectivity index is 2.46. The van der Waals surface area contributed by atoms with E-state index in [-0.39, 0.29) is 5.54 Å². The highest BCUT2D eigenvalue weighted by Gasteiger charge is 2.33. The predicted octanol–water partition coefficient (Wildman–Crippen LogP) is 2.14. The highest BCUT2D eigenvalue weighted by atomic mass is 15.2. The van der Waals surface area contributed by atoms with E-state index in [0.717, 1.165) is 32.5 Å². The fraction of sp³-hybridized carbons (Fsp3) is 0.923. The maximum absolute atomic E-state index is 9.31. The zero-order valence-electron chi connectivity index (χ0n) is 10.9. The Kier molecular flexibility index (Phi) is 5.24. The Labute approximate surface area is 99.8 Å². The minimum atomic E-state index is -0.370. The summed E-state index contributed by atoms with van der Waals surface area (Å²) in [4.78, 5) is 2.40. The van der Waals surface area contributed by atoms with Gasteiger partial charge in [-0.15, -0.1) is 0 Å². The van der Waals surface area contributed by atoms with Crippen LogP contribution in [0.5, 0.6) is 0 Å². The van der Waals surface area contributed by atoms with Crippen LogP contribution in [-0.4, -0.2) is 36.1 Å². The monoisotopic (exact) mass is 223 g/mol. The normalized spacial score (nSPS) is 19.4. The lowest BCUT2D eigenvalue weighted by molar-refractivity contribution is 0.219. The summed E-state index contributed by atoms with van der Waals surface area (Å²) in [6.45, 7) is 9.46. The van der Waals surface area contributed by atoms with E-state index in [1.54, 1.807) is 0 Å². The van der Waals surface area contributed by atoms with Crippen molar-refractivity contribution in [2.45, 2.75) is 58.0 Å². The first kappa shape index (κ1) is 13.5. The molecule has 1 atom stereocenters. The molecule has 1 aliphatic carbocycles. The quantitative estimate of drug-likeness (QED) is 0.685. The van der Waals surface area contributed by atoms with Crippen molar-refractivity contribution < 1.29 is 0 Å². The first-order valence-electron chi connectivity index (χ1n) is 6.55. The smallest absolute Gasteiger partial charge is 0.116 e. The summed E-state index contributed by atoms with van der Waals surface area (Å²) in [6, 6.07) is 3.04. The van der Waals surface area contributed by atoms with Crippen molar-refractivity contribution in [3.8, 4) is 6.07 Å². The average molecular weight is 223 g/mol. The van der Waals surface area contributed by atoms with Gasteiger partial charge < -0.3 is 4.90 Å². The lowest BCUT2D eigenvalue weighted by atomic mass is 10.0. The van der Waals surface area contributed by atoms with Gasteiger partial charge in [0.15, 0.2) is 0 Å². The van der Waals surface area contributed by atoms with Gasteiger partial charge in [0.05, 0.1) is 6.07 Å². The molecule has 0 aliphatic heterocycles. The lowest BCUT2D eigenvalue weighted by Crippen LogP contribution is -2.51. The van der Waals surface area contributed by atoms with E-state index in [1.165, 1.54) is 12.8 Å². The van der Waals surface area contributed by atoms with E-state index in [0.29, 0.717) is 6.04 Å². The molecule has 0 amide bonds. The molecule has 0 bridgehead atoms. The van der Waals surface area contributed by atoms with Crippen molar-refractivity contribution >= 4 is 0 Å². The third-order valence-electron chi connectivity index (χ3n) is 2.97. The van der Waals surface area contributed by atoms with Gasteiger partial charge in [-0.3, -0.25) is 5.32 Å². The zero-order chi connectivity index (χ0) is 12.0. The second-order valence-corrected chi connectivity index (χ2v) is 5.14. The molecule has 3 nitrogen and oxygen atoms in total. The molecule has 92 valence electrons. The average Bonchev–Trinajstić information content (AvgIpc) is 3.02. The molecule has 0 saturated heterocycles. The molecule has 0 spiro atoms. The van der Waals surface area contributed by atoms with Gasteiger partial charge in [0, 0.05) is 12.6 Å². The van der Waals surface area contributed by atoms with Gasteiger partial charge in [0.1, 0.15) is 5.54 Å². The number of nitrogens with zero attached hydrogens (tertiary/aromatic N) is 2. The molecule has 1 rings (SSSR count). The second-order valence-electron chi connectivity index (χ2n) is 5.14. The summed E-state index contributed by atoms with van der Waals surface area (Å²) in [7, 11) is 0. The van der Waals surface area contributed by atoms with Gasteiger partial charge in [-0.25, -0.2) is 0 Å². The Morgan fingerprint density at radius 2 is 1.88 bits per heavy atom. The SMILES string of the molecule is CCCN(CCC)CC(C)(C#N)NC1CC1. The molecular weight excluding hydrogens is 198 g/mol. The van der Waals surface area contributed by atoms with Crippen LogP contribution in [0.25, 0.3) is 0 Å². The first-order chi connectivity index (χ1) is 7.63. The maximum Gasteiger partial charge on any atom is 0.116 e. The number of hydrogen-bond donors (Lipinski definition) is 1. The number of hydrogen-bond acceptors (Lipinski definition) is 3. The van der Waals surface area contributed by atoms with E-state index in [1.807, 2.05) is 6.92 Å². The molecule has 0 radical (unpaired) electrons. The highest BCUT2D eigenvalue weighted by molar-refractivity contribution is 5.08. The van der Waals surface area contributed by atoms with Crippen molar-refractivity contribution in [2.24, 2.45) is 0 Å². The predicted molar refractivity (Wildman–Crippen MR) is 67.2 cm³/mol. The fourth-order valence-electron chi connectivity index (χ4n) is 2.14. The molecule has 1 saturated carbocycles. The van der Waals surface area contributed by atoms with E-state index in [9.17, 15) is 5.26 Å². The standard InChI is InChI=1S/C13H25N3/c1-4-8-16(9-5-2)11-13(3,10-14)15-12-6-7-12/h12,15H,4-9,11H2,1-3H3. The largest absolute Gasteiger partial charge is 0.300 e. The second kappa shape index (κ2) is 6.22. The van der Waals surface area contributed by atoms with E-state index >= 15 is 0 Å². The summed E-state index contributed by atoms with van der Waals surface area (Å²) < 4.78 is 0. The minimum Gasteiger partial charge on any atom is -0.300 e. The molecule has 1 fully saturated rings. The van der Waals surface area contributed by atoms with Gasteiger partial charge in [0.25, 0.3) is 0 Å². The molecule has 1 N–H and O–H groups in total. The van der Waals surface area contributed by atoms with E-state index < -0.39 is 0 Å². The van der Waals surface area contributed by atoms with Crippen molar-refractivity contribution in [3.63, 3.8) is 0 Å². The minimum absolute atomic E-state index is 0.370. The molecule has 16 heavy (non-hydrogen) atoms. The molecule has 3 heteroatoms. The van der Waals surface area contributed by atoms with Crippen molar-refractivity contribution in [3.05, 3.63) is 0 Å². The topological polar surface area (TPSA) is 39.1 Å². The third kappa shape index (κ3) is 4.51. The Hall–Kier alpha value is -0.590. The molecular formula is C13H25N3. The number of nitriles is 1. The van der Waals surface area contributed by atoms with Gasteiger partial charge >= 0.3 is 0 Å². The van der Waals surface area contributed by atoms with Crippen molar-refractivity contribution in [2.75, 3.05) is 19.6 Å². The van der Waals surface area contributed by atoms with Crippen LogP contribution in [0.2, 0.25) is 0 Å². The van der Waals surface area contributed by atoms with E-state index in [2.05, 4.69) is 30.1 Å². The van der Waals surface area contributed by atoms with Crippen LogP contribution in [0.3, 0.4) is 0 Å². The Morgan fingerprint density at radius 1 is 1.31 bits per heavy atom. The van der Waals surface area contributed by atoms with Crippen molar-refractivity contribution in [1.82, 2.24) is 10.2 Å². The van der Waals surface area contributed by atoms with Crippen LogP contribution >= 0.6 is 0 Å². The fourth-order valence-corrected chi connectivity index (χ4v) is 2.14. The highest BCUT2D eigenvalue weighted by Crippen LogP contribution is 2.22. The van der Waals surface area contributed by atoms with E-state index in [4.69, 9.17) is 0 Å². The summed E-state index contributed by atoms with van der Waals surface area (Å²) in [5, 5.41) is 12.8. The van der Waals surface area contributed by atoms with Gasteiger partial charge in [-0.2, -0.15) is 5.26 Å². The maximum atomic E-state index is 9.31. The first-order valence-corrected chi connectivity index (χ1v) is 6.55. The van der Waals surface area contributed by atoms with Crippen LogP contribution in [0.1, 0.15) is 46.5 Å². The molecule has 0 aromatic carbocycles. The van der Waals surface area contributed by atoms with Gasteiger partial charge in [-0.05, 0) is 45.7 Å². The number of nitrogens with one attached hydrogen (secondary N) is 1. The van der Waals surface area contributed by atoms with Crippen LogP contribution in [0.4, 0.5) is 0 Å². The van der Waals surface area contributed by atoms with Gasteiger partial charge in [0.2, 0.25) is 0 Å². The van der Waals surface area contributed by atoms with Crippen LogP contribution < -0.4 is 5.32 Å². The van der Waals surface area contributed by atoms with Crippen molar-refractivity contribution in [1.29, 1.82) is 5.26 Å². The van der Waals surface area contributed by atoms with Crippen LogP contribution in [0.15, 0.2) is 0 Å². The van der Waals surface area contributed by atoms with Gasteiger partial charge in [-0.1, -0.05) is 13.8 Å². The summed E-state index contributed by atoms with van der Waals surface area (Å²) >= 11 is 0. The molecule has 1 unspecified atom stereocenters. The summed E-state index contributed by atoms with van der Waals surface area (Å²) in [5.74, 6) is 0. The molecule has 0 aromatic rings. The summed E-state index contributed by atoms with van der Waals surface area (Å²) in [6.07, 6.45) is 4.79. The third-order valence-corrected chi connectivity index (χ3v) is 2.97. The molecule has 0 heterocycles. The number of rotatable bonds is 8. The lowest BCUT2D eigenvalue weighted by Gasteiger charge is -2.31. The molecule has 0 aromatic heterocycles. The Bertz CT molecular complexity index is 236. The molecule has 1 aliphatic rings. The zero-order valence-corrected chi connectivity index (χ0v) is 10.9. The van der Waals surface area contributed by atoms with Crippen LogP contribution in [-0.2, 0) is 0 Å². The van der Waals surface area contributed by atoms with Crippen LogP contribution in [0, 0.1) is 11.3 Å².